The Morgan fingerprint density at radius 2 is 2.16 bits per heavy atom. The Kier molecular flexibility index (Phi) is 4.40. The molecule has 2 rings (SSSR count). The van der Waals surface area contributed by atoms with Crippen LogP contribution in [0.4, 0.5) is 5.69 Å². The van der Waals surface area contributed by atoms with Gasteiger partial charge in [-0.3, -0.25) is 9.78 Å². The number of aromatic nitrogens is 1. The van der Waals surface area contributed by atoms with Crippen LogP contribution in [-0.2, 0) is 11.2 Å². The van der Waals surface area contributed by atoms with E-state index < -0.39 is 0 Å². The lowest BCUT2D eigenvalue weighted by Crippen LogP contribution is -2.36. The minimum atomic E-state index is 0.0528. The number of nitrogens with zero attached hydrogens (tertiary/aromatic N) is 1. The van der Waals surface area contributed by atoms with E-state index in [1.54, 1.807) is 18.3 Å². The van der Waals surface area contributed by atoms with E-state index in [-0.39, 0.29) is 5.91 Å². The second-order valence-corrected chi connectivity index (χ2v) is 5.60. The van der Waals surface area contributed by atoms with Gasteiger partial charge in [-0.2, -0.15) is 0 Å². The van der Waals surface area contributed by atoms with Crippen LogP contribution in [0.1, 0.15) is 44.7 Å². The summed E-state index contributed by atoms with van der Waals surface area (Å²) in [6.45, 7) is 3.02. The van der Waals surface area contributed by atoms with Gasteiger partial charge in [0.05, 0.1) is 18.3 Å². The van der Waals surface area contributed by atoms with Crippen LogP contribution in [0.25, 0.3) is 0 Å². The molecular weight excluding hydrogens is 238 g/mol. The molecule has 1 fully saturated rings. The number of rotatable bonds is 5. The minimum Gasteiger partial charge on any atom is -0.397 e. The number of hydrogen-bond donors (Lipinski definition) is 2. The van der Waals surface area contributed by atoms with E-state index in [1.807, 2.05) is 0 Å². The van der Waals surface area contributed by atoms with Gasteiger partial charge in [-0.25, -0.2) is 0 Å². The number of pyridine rings is 1. The van der Waals surface area contributed by atoms with Crippen molar-refractivity contribution in [3.05, 3.63) is 24.0 Å². The first kappa shape index (κ1) is 13.8. The highest BCUT2D eigenvalue weighted by molar-refractivity contribution is 5.78. The topological polar surface area (TPSA) is 68.0 Å². The molecule has 4 heteroatoms. The van der Waals surface area contributed by atoms with E-state index in [0.717, 1.165) is 18.7 Å². The number of amides is 1. The molecule has 0 aromatic carbocycles. The average molecular weight is 261 g/mol. The van der Waals surface area contributed by atoms with Crippen molar-refractivity contribution in [3.63, 3.8) is 0 Å². The first-order chi connectivity index (χ1) is 9.13. The summed E-state index contributed by atoms with van der Waals surface area (Å²) in [7, 11) is 0. The third-order valence-electron chi connectivity index (χ3n) is 4.26. The summed E-state index contributed by atoms with van der Waals surface area (Å²) in [4.78, 5) is 16.1. The molecule has 0 radical (unpaired) electrons. The molecule has 0 spiro atoms. The highest BCUT2D eigenvalue weighted by Crippen LogP contribution is 2.40. The number of carbonyl (C=O) groups is 1. The summed E-state index contributed by atoms with van der Waals surface area (Å²) >= 11 is 0. The van der Waals surface area contributed by atoms with E-state index >= 15 is 0 Å². The predicted octanol–water partition coefficient (Wildman–Crippen LogP) is 2.29. The van der Waals surface area contributed by atoms with E-state index in [4.69, 9.17) is 5.73 Å². The first-order valence-electron chi connectivity index (χ1n) is 7.11. The molecule has 0 atom stereocenters. The van der Waals surface area contributed by atoms with Crippen molar-refractivity contribution >= 4 is 11.6 Å². The Balaban J connectivity index is 1.82. The molecule has 1 heterocycles. The summed E-state index contributed by atoms with van der Waals surface area (Å²) in [5, 5.41) is 3.07. The summed E-state index contributed by atoms with van der Waals surface area (Å²) in [6, 6.07) is 3.58. The van der Waals surface area contributed by atoms with Gasteiger partial charge in [-0.05, 0) is 36.8 Å². The van der Waals surface area contributed by atoms with Crippen LogP contribution in [0.5, 0.6) is 0 Å². The first-order valence-corrected chi connectivity index (χ1v) is 7.11. The molecule has 19 heavy (non-hydrogen) atoms. The maximum Gasteiger partial charge on any atom is 0.226 e. The molecule has 3 N–H and O–H groups in total. The third kappa shape index (κ3) is 3.69. The van der Waals surface area contributed by atoms with Gasteiger partial charge in [0, 0.05) is 12.2 Å². The third-order valence-corrected chi connectivity index (χ3v) is 4.26. The maximum atomic E-state index is 11.9. The van der Waals surface area contributed by atoms with Gasteiger partial charge in [0.1, 0.15) is 0 Å². The fraction of sp³-hybridized carbons (Fsp3) is 0.600. The van der Waals surface area contributed by atoms with Crippen molar-refractivity contribution in [3.8, 4) is 0 Å². The van der Waals surface area contributed by atoms with Gasteiger partial charge in [0.15, 0.2) is 0 Å². The summed E-state index contributed by atoms with van der Waals surface area (Å²) in [5.74, 6) is 0.0528. The normalized spacial score (nSPS) is 17.3. The lowest BCUT2D eigenvalue weighted by Gasteiger charge is -2.27. The molecule has 1 saturated carbocycles. The van der Waals surface area contributed by atoms with E-state index in [2.05, 4.69) is 17.2 Å². The standard InChI is InChI=1S/C15H23N3O/c1-2-15(7-3-4-8-15)11-18-14(19)9-13-6-5-12(16)10-17-13/h5-6,10H,2-4,7-9,11,16H2,1H3,(H,18,19). The molecule has 4 nitrogen and oxygen atoms in total. The molecular formula is C15H23N3O. The van der Waals surface area contributed by atoms with Crippen LogP contribution < -0.4 is 11.1 Å². The second-order valence-electron chi connectivity index (χ2n) is 5.60. The van der Waals surface area contributed by atoms with Gasteiger partial charge >= 0.3 is 0 Å². The number of nitrogens with two attached hydrogens (primary N) is 1. The minimum absolute atomic E-state index is 0.0528. The van der Waals surface area contributed by atoms with Crippen LogP contribution in [-0.4, -0.2) is 17.4 Å². The smallest absolute Gasteiger partial charge is 0.226 e. The monoisotopic (exact) mass is 261 g/mol. The van der Waals surface area contributed by atoms with Gasteiger partial charge in [-0.1, -0.05) is 19.8 Å². The van der Waals surface area contributed by atoms with Crippen molar-refractivity contribution in [2.75, 3.05) is 12.3 Å². The molecule has 1 aliphatic carbocycles. The molecule has 1 aromatic rings. The SMILES string of the molecule is CCC1(CNC(=O)Cc2ccc(N)cn2)CCCC1. The molecule has 0 aliphatic heterocycles. The van der Waals surface area contributed by atoms with E-state index in [9.17, 15) is 4.79 Å². The molecule has 1 aromatic heterocycles. The Morgan fingerprint density at radius 3 is 2.74 bits per heavy atom. The predicted molar refractivity (Wildman–Crippen MR) is 76.6 cm³/mol. The van der Waals surface area contributed by atoms with Gasteiger partial charge in [0.25, 0.3) is 0 Å². The average Bonchev–Trinajstić information content (AvgIpc) is 2.89. The maximum absolute atomic E-state index is 11.9. The number of nitrogens with one attached hydrogen (secondary N) is 1. The molecule has 0 saturated heterocycles. The number of nitrogen functional groups attached to an aromatic ring is 1. The Bertz CT molecular complexity index is 422. The molecule has 104 valence electrons. The molecule has 1 amide bonds. The quantitative estimate of drug-likeness (QED) is 0.854. The molecule has 1 aliphatic rings. The zero-order valence-corrected chi connectivity index (χ0v) is 11.6. The lowest BCUT2D eigenvalue weighted by molar-refractivity contribution is -0.121. The number of carbonyl (C=O) groups excluding carboxylic acids is 1. The Hall–Kier alpha value is -1.58. The van der Waals surface area contributed by atoms with Crippen LogP contribution in [0.2, 0.25) is 0 Å². The highest BCUT2D eigenvalue weighted by atomic mass is 16.1. The van der Waals surface area contributed by atoms with Gasteiger partial charge in [0.2, 0.25) is 5.91 Å². The summed E-state index contributed by atoms with van der Waals surface area (Å²) in [5.41, 5.74) is 7.30. The van der Waals surface area contributed by atoms with Crippen LogP contribution in [0.15, 0.2) is 18.3 Å². The van der Waals surface area contributed by atoms with Gasteiger partial charge < -0.3 is 11.1 Å². The second kappa shape index (κ2) is 6.04. The van der Waals surface area contributed by atoms with Crippen LogP contribution in [0, 0.1) is 5.41 Å². The molecule has 0 unspecified atom stereocenters. The highest BCUT2D eigenvalue weighted by Gasteiger charge is 2.32. The van der Waals surface area contributed by atoms with Crippen LogP contribution in [0.3, 0.4) is 0 Å². The van der Waals surface area contributed by atoms with Crippen LogP contribution >= 0.6 is 0 Å². The summed E-state index contributed by atoms with van der Waals surface area (Å²) < 4.78 is 0. The summed E-state index contributed by atoms with van der Waals surface area (Å²) in [6.07, 6.45) is 8.14. The zero-order chi connectivity index (χ0) is 13.7. The lowest BCUT2D eigenvalue weighted by atomic mass is 9.83. The van der Waals surface area contributed by atoms with Gasteiger partial charge in [-0.15, -0.1) is 0 Å². The van der Waals surface area contributed by atoms with Crippen molar-refractivity contribution in [2.24, 2.45) is 5.41 Å². The Labute approximate surface area is 114 Å². The Morgan fingerprint density at radius 1 is 1.42 bits per heavy atom. The van der Waals surface area contributed by atoms with E-state index in [1.165, 1.54) is 25.7 Å². The van der Waals surface area contributed by atoms with Crippen molar-refractivity contribution in [1.29, 1.82) is 0 Å². The number of hydrogen-bond acceptors (Lipinski definition) is 3. The van der Waals surface area contributed by atoms with Crippen molar-refractivity contribution < 1.29 is 4.79 Å². The number of anilines is 1. The molecule has 0 bridgehead atoms. The zero-order valence-electron chi connectivity index (χ0n) is 11.6. The van der Waals surface area contributed by atoms with E-state index in [0.29, 0.717) is 17.5 Å². The van der Waals surface area contributed by atoms with Crippen molar-refractivity contribution in [2.45, 2.75) is 45.4 Å². The largest absolute Gasteiger partial charge is 0.397 e. The fourth-order valence-electron chi connectivity index (χ4n) is 2.83. The fourth-order valence-corrected chi connectivity index (χ4v) is 2.83. The van der Waals surface area contributed by atoms with Crippen molar-refractivity contribution in [1.82, 2.24) is 10.3 Å².